The van der Waals surface area contributed by atoms with Crippen LogP contribution < -0.4 is 5.32 Å². The van der Waals surface area contributed by atoms with Crippen molar-refractivity contribution in [2.24, 2.45) is 0 Å². The van der Waals surface area contributed by atoms with Crippen molar-refractivity contribution in [3.8, 4) is 0 Å². The van der Waals surface area contributed by atoms with E-state index in [0.717, 1.165) is 5.01 Å². The Bertz CT molecular complexity index is 756. The minimum absolute atomic E-state index is 0.241. The number of carbonyl (C=O) groups is 1. The normalized spacial score (nSPS) is 10.9. The molecule has 1 aromatic carbocycles. The average molecular weight is 328 g/mol. The summed E-state index contributed by atoms with van der Waals surface area (Å²) in [5, 5.41) is 16.1. The molecule has 1 amide bonds. The van der Waals surface area contributed by atoms with Crippen LogP contribution in [0.4, 0.5) is 0 Å². The Morgan fingerprint density at radius 1 is 1.35 bits per heavy atom. The van der Waals surface area contributed by atoms with Gasteiger partial charge in [0.2, 0.25) is 4.96 Å². The van der Waals surface area contributed by atoms with Crippen LogP contribution in [0.5, 0.6) is 0 Å². The molecule has 20 heavy (non-hydrogen) atoms. The standard InChI is InChI=1S/C11H7Cl2N5OS/c12-7-2-1-6(3-8(7)13)10(19)14-4-9-17-18-5-15-16-11(18)20-9/h1-3,5H,4H2,(H,14,19). The maximum atomic E-state index is 12.0. The Morgan fingerprint density at radius 3 is 2.95 bits per heavy atom. The summed E-state index contributed by atoms with van der Waals surface area (Å²) in [7, 11) is 0. The van der Waals surface area contributed by atoms with Crippen LogP contribution in [0.15, 0.2) is 24.5 Å². The molecule has 0 aliphatic rings. The van der Waals surface area contributed by atoms with E-state index >= 15 is 0 Å². The van der Waals surface area contributed by atoms with Crippen molar-refractivity contribution in [3.63, 3.8) is 0 Å². The lowest BCUT2D eigenvalue weighted by Crippen LogP contribution is -2.22. The molecular weight excluding hydrogens is 321 g/mol. The number of carbonyl (C=O) groups excluding carboxylic acids is 1. The van der Waals surface area contributed by atoms with Gasteiger partial charge in [-0.3, -0.25) is 4.79 Å². The number of nitrogens with zero attached hydrogens (tertiary/aromatic N) is 4. The summed E-state index contributed by atoms with van der Waals surface area (Å²) in [5.41, 5.74) is 0.447. The van der Waals surface area contributed by atoms with E-state index < -0.39 is 0 Å². The third-order valence-corrected chi connectivity index (χ3v) is 4.16. The molecule has 0 atom stereocenters. The summed E-state index contributed by atoms with van der Waals surface area (Å²) in [5.74, 6) is -0.241. The molecule has 3 aromatic rings. The second kappa shape index (κ2) is 5.35. The first-order valence-corrected chi connectivity index (χ1v) is 7.10. The van der Waals surface area contributed by atoms with E-state index in [0.29, 0.717) is 27.1 Å². The number of hydrogen-bond acceptors (Lipinski definition) is 5. The largest absolute Gasteiger partial charge is 0.345 e. The summed E-state index contributed by atoms with van der Waals surface area (Å²) < 4.78 is 1.56. The molecule has 1 N–H and O–H groups in total. The van der Waals surface area contributed by atoms with Gasteiger partial charge in [-0.1, -0.05) is 34.5 Å². The van der Waals surface area contributed by atoms with Crippen LogP contribution >= 0.6 is 34.5 Å². The Morgan fingerprint density at radius 2 is 2.20 bits per heavy atom. The van der Waals surface area contributed by atoms with Crippen LogP contribution in [0, 0.1) is 0 Å². The first-order valence-electron chi connectivity index (χ1n) is 5.52. The number of nitrogens with one attached hydrogen (secondary N) is 1. The van der Waals surface area contributed by atoms with Gasteiger partial charge in [0.1, 0.15) is 11.3 Å². The van der Waals surface area contributed by atoms with Crippen molar-refractivity contribution in [2.75, 3.05) is 0 Å². The van der Waals surface area contributed by atoms with E-state index in [4.69, 9.17) is 23.2 Å². The van der Waals surface area contributed by atoms with Gasteiger partial charge >= 0.3 is 0 Å². The minimum Gasteiger partial charge on any atom is -0.345 e. The topological polar surface area (TPSA) is 72.2 Å². The molecule has 0 spiro atoms. The van der Waals surface area contributed by atoms with Crippen molar-refractivity contribution in [1.29, 1.82) is 0 Å². The van der Waals surface area contributed by atoms with Crippen LogP contribution in [-0.2, 0) is 6.54 Å². The molecule has 102 valence electrons. The SMILES string of the molecule is O=C(NCc1nn2cnnc2s1)c1ccc(Cl)c(Cl)c1. The molecule has 0 fully saturated rings. The highest BCUT2D eigenvalue weighted by molar-refractivity contribution is 7.16. The number of rotatable bonds is 3. The summed E-state index contributed by atoms with van der Waals surface area (Å²) in [6.07, 6.45) is 1.51. The van der Waals surface area contributed by atoms with E-state index in [9.17, 15) is 4.79 Å². The molecule has 0 aliphatic carbocycles. The zero-order valence-corrected chi connectivity index (χ0v) is 12.2. The molecule has 2 aromatic heterocycles. The average Bonchev–Trinajstić information content (AvgIpc) is 3.00. The number of benzene rings is 1. The molecule has 0 saturated carbocycles. The van der Waals surface area contributed by atoms with Gasteiger partial charge in [-0.05, 0) is 18.2 Å². The molecule has 0 saturated heterocycles. The molecule has 2 heterocycles. The van der Waals surface area contributed by atoms with Crippen molar-refractivity contribution >= 4 is 45.4 Å². The van der Waals surface area contributed by atoms with Crippen molar-refractivity contribution < 1.29 is 4.79 Å². The first kappa shape index (κ1) is 13.3. The Balaban J connectivity index is 1.69. The highest BCUT2D eigenvalue weighted by Gasteiger charge is 2.10. The number of hydrogen-bond donors (Lipinski definition) is 1. The van der Waals surface area contributed by atoms with Crippen LogP contribution in [0.2, 0.25) is 10.0 Å². The van der Waals surface area contributed by atoms with E-state index in [-0.39, 0.29) is 5.91 Å². The van der Waals surface area contributed by atoms with E-state index in [1.807, 2.05) is 0 Å². The Hall–Kier alpha value is -1.70. The molecule has 0 radical (unpaired) electrons. The van der Waals surface area contributed by atoms with E-state index in [1.54, 1.807) is 16.6 Å². The molecule has 0 bridgehead atoms. The zero-order valence-electron chi connectivity index (χ0n) is 9.88. The Labute approximate surface area is 127 Å². The predicted molar refractivity (Wildman–Crippen MR) is 76.3 cm³/mol. The van der Waals surface area contributed by atoms with Gasteiger partial charge < -0.3 is 5.32 Å². The molecule has 0 unspecified atom stereocenters. The first-order chi connectivity index (χ1) is 9.63. The van der Waals surface area contributed by atoms with Gasteiger partial charge in [0.25, 0.3) is 5.91 Å². The molecule has 3 rings (SSSR count). The van der Waals surface area contributed by atoms with Gasteiger partial charge in [-0.25, -0.2) is 0 Å². The quantitative estimate of drug-likeness (QED) is 0.801. The van der Waals surface area contributed by atoms with Gasteiger partial charge in [0, 0.05) is 5.56 Å². The second-order valence-corrected chi connectivity index (χ2v) is 5.72. The number of aromatic nitrogens is 4. The van der Waals surface area contributed by atoms with Crippen LogP contribution in [0.3, 0.4) is 0 Å². The lowest BCUT2D eigenvalue weighted by Gasteiger charge is -2.04. The number of fused-ring (bicyclic) bond motifs is 1. The second-order valence-electron chi connectivity index (χ2n) is 3.87. The van der Waals surface area contributed by atoms with Gasteiger partial charge in [-0.2, -0.15) is 9.61 Å². The molecular formula is C11H7Cl2N5OS. The summed E-state index contributed by atoms with van der Waals surface area (Å²) in [6.45, 7) is 0.313. The smallest absolute Gasteiger partial charge is 0.251 e. The van der Waals surface area contributed by atoms with Crippen molar-refractivity contribution in [3.05, 3.63) is 45.1 Å². The number of amides is 1. The Kier molecular flexibility index (Phi) is 3.56. The highest BCUT2D eigenvalue weighted by Crippen LogP contribution is 2.22. The predicted octanol–water partition coefficient (Wildman–Crippen LogP) is 2.42. The number of halogens is 2. The van der Waals surface area contributed by atoms with E-state index in [1.165, 1.54) is 23.7 Å². The third kappa shape index (κ3) is 2.60. The molecule has 6 nitrogen and oxygen atoms in total. The molecule has 9 heteroatoms. The fourth-order valence-electron chi connectivity index (χ4n) is 1.57. The van der Waals surface area contributed by atoms with Crippen LogP contribution in [0.1, 0.15) is 15.4 Å². The fraction of sp³-hybridized carbons (Fsp3) is 0.0909. The summed E-state index contributed by atoms with van der Waals surface area (Å²) in [4.78, 5) is 12.6. The van der Waals surface area contributed by atoms with Gasteiger partial charge in [0.15, 0.2) is 0 Å². The van der Waals surface area contributed by atoms with Crippen LogP contribution in [-0.4, -0.2) is 25.7 Å². The summed E-state index contributed by atoms with van der Waals surface area (Å²) in [6, 6.07) is 4.72. The minimum atomic E-state index is -0.241. The van der Waals surface area contributed by atoms with Gasteiger partial charge in [-0.15, -0.1) is 10.2 Å². The van der Waals surface area contributed by atoms with Crippen LogP contribution in [0.25, 0.3) is 4.96 Å². The monoisotopic (exact) mass is 327 g/mol. The van der Waals surface area contributed by atoms with Crippen molar-refractivity contribution in [2.45, 2.75) is 6.54 Å². The fourth-order valence-corrected chi connectivity index (χ4v) is 2.62. The lowest BCUT2D eigenvalue weighted by atomic mass is 10.2. The zero-order chi connectivity index (χ0) is 14.1. The maximum Gasteiger partial charge on any atom is 0.251 e. The highest BCUT2D eigenvalue weighted by atomic mass is 35.5. The van der Waals surface area contributed by atoms with Crippen molar-refractivity contribution in [1.82, 2.24) is 25.1 Å². The molecule has 0 aliphatic heterocycles. The van der Waals surface area contributed by atoms with E-state index in [2.05, 4.69) is 20.6 Å². The third-order valence-electron chi connectivity index (χ3n) is 2.51. The maximum absolute atomic E-state index is 12.0. The van der Waals surface area contributed by atoms with Gasteiger partial charge in [0.05, 0.1) is 16.6 Å². The summed E-state index contributed by atoms with van der Waals surface area (Å²) >= 11 is 13.0. The lowest BCUT2D eigenvalue weighted by molar-refractivity contribution is 0.0951.